The Labute approximate surface area is 199 Å². The molecule has 9 heteroatoms. The number of hydrogen-bond donors (Lipinski definition) is 3. The topological polar surface area (TPSA) is 81.6 Å². The zero-order valence-corrected chi connectivity index (χ0v) is 20.3. The van der Waals surface area contributed by atoms with Gasteiger partial charge in [-0.1, -0.05) is 23.7 Å². The van der Waals surface area contributed by atoms with E-state index in [0.717, 1.165) is 36.9 Å². The smallest absolute Gasteiger partial charge is 0.251 e. The lowest BCUT2D eigenvalue weighted by molar-refractivity contribution is 0.0956. The minimum absolute atomic E-state index is 0. The van der Waals surface area contributed by atoms with Crippen molar-refractivity contribution in [1.82, 2.24) is 20.9 Å². The summed E-state index contributed by atoms with van der Waals surface area (Å²) in [6, 6.07) is 11.5. The van der Waals surface area contributed by atoms with Crippen molar-refractivity contribution in [2.24, 2.45) is 4.99 Å². The summed E-state index contributed by atoms with van der Waals surface area (Å²) < 4.78 is 0. The summed E-state index contributed by atoms with van der Waals surface area (Å²) in [7, 11) is 1.76. The SMILES string of the molecule is CCNC(=O)c1ccc(CNC(=NC)NC2CCN(c3ncccc3Cl)C2)cc1.I. The molecule has 1 fully saturated rings. The Morgan fingerprint density at radius 1 is 1.27 bits per heavy atom. The number of anilines is 1. The Hall–Kier alpha value is -2.07. The minimum Gasteiger partial charge on any atom is -0.353 e. The van der Waals surface area contributed by atoms with Crippen molar-refractivity contribution in [3.8, 4) is 0 Å². The molecule has 1 unspecified atom stereocenters. The van der Waals surface area contributed by atoms with Gasteiger partial charge in [0.1, 0.15) is 5.82 Å². The molecule has 0 radical (unpaired) electrons. The number of nitrogens with zero attached hydrogens (tertiary/aromatic N) is 3. The minimum atomic E-state index is -0.0525. The average Bonchev–Trinajstić information content (AvgIpc) is 3.20. The third kappa shape index (κ3) is 6.46. The van der Waals surface area contributed by atoms with Gasteiger partial charge in [0.25, 0.3) is 5.91 Å². The van der Waals surface area contributed by atoms with Gasteiger partial charge < -0.3 is 20.9 Å². The predicted octanol–water partition coefficient (Wildman–Crippen LogP) is 3.05. The lowest BCUT2D eigenvalue weighted by atomic mass is 10.1. The maximum absolute atomic E-state index is 11.8. The van der Waals surface area contributed by atoms with Crippen LogP contribution >= 0.6 is 35.6 Å². The molecule has 2 aromatic rings. The molecule has 30 heavy (non-hydrogen) atoms. The van der Waals surface area contributed by atoms with Crippen molar-refractivity contribution in [2.75, 3.05) is 31.6 Å². The zero-order chi connectivity index (χ0) is 20.6. The third-order valence-corrected chi connectivity index (χ3v) is 5.10. The fourth-order valence-electron chi connectivity index (χ4n) is 3.29. The highest BCUT2D eigenvalue weighted by atomic mass is 127. The van der Waals surface area contributed by atoms with Gasteiger partial charge in [0, 0.05) is 51.0 Å². The number of carbonyl (C=O) groups is 1. The van der Waals surface area contributed by atoms with Crippen molar-refractivity contribution in [3.05, 3.63) is 58.7 Å². The van der Waals surface area contributed by atoms with Gasteiger partial charge >= 0.3 is 0 Å². The largest absolute Gasteiger partial charge is 0.353 e. The second-order valence-corrected chi connectivity index (χ2v) is 7.27. The van der Waals surface area contributed by atoms with Gasteiger partial charge in [-0.3, -0.25) is 9.79 Å². The number of rotatable bonds is 6. The molecule has 0 spiro atoms. The molecule has 1 aromatic carbocycles. The number of carbonyl (C=O) groups excluding carboxylic acids is 1. The van der Waals surface area contributed by atoms with Crippen LogP contribution in [0.4, 0.5) is 5.82 Å². The Kier molecular flexibility index (Phi) is 9.64. The van der Waals surface area contributed by atoms with E-state index in [4.69, 9.17) is 11.6 Å². The molecule has 2 heterocycles. The summed E-state index contributed by atoms with van der Waals surface area (Å²) in [6.07, 6.45) is 2.74. The van der Waals surface area contributed by atoms with E-state index in [2.05, 4.69) is 30.8 Å². The normalized spacial score (nSPS) is 16.0. The summed E-state index contributed by atoms with van der Waals surface area (Å²) in [5, 5.41) is 10.3. The van der Waals surface area contributed by atoms with Crippen LogP contribution in [0.15, 0.2) is 47.6 Å². The molecule has 1 atom stereocenters. The van der Waals surface area contributed by atoms with Crippen LogP contribution in [0.3, 0.4) is 0 Å². The maximum atomic E-state index is 11.8. The number of halogens is 2. The quantitative estimate of drug-likeness (QED) is 0.297. The van der Waals surface area contributed by atoms with Gasteiger partial charge in [-0.15, -0.1) is 24.0 Å². The number of guanidine groups is 1. The first-order valence-electron chi connectivity index (χ1n) is 9.80. The van der Waals surface area contributed by atoms with Gasteiger partial charge in [0.2, 0.25) is 0 Å². The van der Waals surface area contributed by atoms with Crippen LogP contribution in [0.5, 0.6) is 0 Å². The number of aliphatic imine (C=N–C) groups is 1. The van der Waals surface area contributed by atoms with E-state index in [0.29, 0.717) is 23.7 Å². The highest BCUT2D eigenvalue weighted by molar-refractivity contribution is 14.0. The molecule has 0 aliphatic carbocycles. The number of pyridine rings is 1. The summed E-state index contributed by atoms with van der Waals surface area (Å²) in [5.41, 5.74) is 1.74. The molecule has 0 bridgehead atoms. The summed E-state index contributed by atoms with van der Waals surface area (Å²) in [6.45, 7) is 4.86. The van der Waals surface area contributed by atoms with E-state index in [1.54, 1.807) is 13.2 Å². The van der Waals surface area contributed by atoms with E-state index < -0.39 is 0 Å². The molecule has 1 aromatic heterocycles. The van der Waals surface area contributed by atoms with E-state index in [-0.39, 0.29) is 35.9 Å². The molecule has 7 nitrogen and oxygen atoms in total. The maximum Gasteiger partial charge on any atom is 0.251 e. The first kappa shape index (κ1) is 24.2. The van der Waals surface area contributed by atoms with Gasteiger partial charge in [-0.2, -0.15) is 0 Å². The van der Waals surface area contributed by atoms with Gasteiger partial charge in [-0.05, 0) is 43.2 Å². The Balaban J connectivity index is 0.00000320. The standard InChI is InChI=1S/C21H27ClN6O.HI/c1-3-24-20(29)16-8-6-15(7-9-16)13-26-21(23-2)27-17-10-12-28(14-17)19-18(22)5-4-11-25-19;/h4-9,11,17H,3,10,12-14H2,1-2H3,(H,24,29)(H2,23,26,27);1H. The molecule has 1 saturated heterocycles. The van der Waals surface area contributed by atoms with Crippen LogP contribution < -0.4 is 20.9 Å². The van der Waals surface area contributed by atoms with Gasteiger partial charge in [0.05, 0.1) is 5.02 Å². The third-order valence-electron chi connectivity index (χ3n) is 4.80. The summed E-state index contributed by atoms with van der Waals surface area (Å²) in [5.74, 6) is 1.52. The van der Waals surface area contributed by atoms with Crippen LogP contribution in [0.25, 0.3) is 0 Å². The molecule has 1 amide bonds. The molecule has 162 valence electrons. The second kappa shape index (κ2) is 11.9. The molecule has 1 aliphatic heterocycles. The number of benzene rings is 1. The molecule has 1 aliphatic rings. The van der Waals surface area contributed by atoms with Crippen molar-refractivity contribution in [3.63, 3.8) is 0 Å². The summed E-state index contributed by atoms with van der Waals surface area (Å²) in [4.78, 5) is 22.7. The lowest BCUT2D eigenvalue weighted by Gasteiger charge is -2.20. The fourth-order valence-corrected chi connectivity index (χ4v) is 3.53. The highest BCUT2D eigenvalue weighted by Crippen LogP contribution is 2.25. The Morgan fingerprint density at radius 2 is 2.03 bits per heavy atom. The van der Waals surface area contributed by atoms with Crippen molar-refractivity contribution >= 4 is 53.3 Å². The predicted molar refractivity (Wildman–Crippen MR) is 133 cm³/mol. The van der Waals surface area contributed by atoms with Crippen LogP contribution in [0.1, 0.15) is 29.3 Å². The average molecular weight is 543 g/mol. The zero-order valence-electron chi connectivity index (χ0n) is 17.2. The number of amides is 1. The summed E-state index contributed by atoms with van der Waals surface area (Å²) >= 11 is 6.27. The van der Waals surface area contributed by atoms with E-state index in [9.17, 15) is 4.79 Å². The van der Waals surface area contributed by atoms with E-state index in [1.807, 2.05) is 43.3 Å². The molecular formula is C21H28ClIN6O. The fraction of sp³-hybridized carbons (Fsp3) is 0.381. The molecular weight excluding hydrogens is 515 g/mol. The first-order chi connectivity index (χ1) is 14.1. The molecule has 0 saturated carbocycles. The Morgan fingerprint density at radius 3 is 2.70 bits per heavy atom. The highest BCUT2D eigenvalue weighted by Gasteiger charge is 2.25. The number of hydrogen-bond acceptors (Lipinski definition) is 4. The number of nitrogens with one attached hydrogen (secondary N) is 3. The first-order valence-corrected chi connectivity index (χ1v) is 10.2. The van der Waals surface area contributed by atoms with Crippen LogP contribution in [0, 0.1) is 0 Å². The van der Waals surface area contributed by atoms with Crippen molar-refractivity contribution in [1.29, 1.82) is 0 Å². The monoisotopic (exact) mass is 542 g/mol. The van der Waals surface area contributed by atoms with Crippen LogP contribution in [-0.2, 0) is 6.54 Å². The Bertz CT molecular complexity index is 861. The van der Waals surface area contributed by atoms with Crippen LogP contribution in [0.2, 0.25) is 5.02 Å². The van der Waals surface area contributed by atoms with E-state index in [1.165, 1.54) is 0 Å². The van der Waals surface area contributed by atoms with Gasteiger partial charge in [-0.25, -0.2) is 4.98 Å². The molecule has 3 rings (SSSR count). The van der Waals surface area contributed by atoms with Crippen LogP contribution in [-0.4, -0.2) is 49.6 Å². The van der Waals surface area contributed by atoms with Crippen molar-refractivity contribution < 1.29 is 4.79 Å². The van der Waals surface area contributed by atoms with Gasteiger partial charge in [0.15, 0.2) is 5.96 Å². The van der Waals surface area contributed by atoms with E-state index >= 15 is 0 Å². The second-order valence-electron chi connectivity index (χ2n) is 6.87. The van der Waals surface area contributed by atoms with Crippen molar-refractivity contribution in [2.45, 2.75) is 25.9 Å². The number of aromatic nitrogens is 1. The lowest BCUT2D eigenvalue weighted by Crippen LogP contribution is -2.44. The molecule has 3 N–H and O–H groups in total.